The highest BCUT2D eigenvalue weighted by molar-refractivity contribution is 6.30. The van der Waals surface area contributed by atoms with Crippen molar-refractivity contribution in [1.82, 2.24) is 9.78 Å². The topological polar surface area (TPSA) is 50.8 Å². The molecule has 0 aliphatic heterocycles. The number of benzene rings is 1. The molecule has 0 aliphatic rings. The van der Waals surface area contributed by atoms with Gasteiger partial charge in [-0.25, -0.2) is 0 Å². The van der Waals surface area contributed by atoms with E-state index in [0.29, 0.717) is 30.3 Å². The van der Waals surface area contributed by atoms with Crippen LogP contribution in [-0.4, -0.2) is 16.4 Å². The van der Waals surface area contributed by atoms with Crippen molar-refractivity contribution >= 4 is 11.6 Å². The quantitative estimate of drug-likeness (QED) is 0.766. The predicted octanol–water partition coefficient (Wildman–Crippen LogP) is 3.44. The van der Waals surface area contributed by atoms with Gasteiger partial charge in [0.15, 0.2) is 0 Å². The number of para-hydroxylation sites is 1. The minimum atomic E-state index is 0.420. The fourth-order valence-corrected chi connectivity index (χ4v) is 2.19. The highest BCUT2D eigenvalue weighted by Crippen LogP contribution is 2.20. The number of aromatic nitrogens is 2. The van der Waals surface area contributed by atoms with Crippen LogP contribution in [0.1, 0.15) is 24.6 Å². The van der Waals surface area contributed by atoms with E-state index in [1.54, 1.807) is 4.68 Å². The molecule has 0 fully saturated rings. The molecule has 0 N–H and O–H groups in total. The number of rotatable bonds is 6. The van der Waals surface area contributed by atoms with Gasteiger partial charge in [-0.2, -0.15) is 10.4 Å². The zero-order chi connectivity index (χ0) is 14.4. The first-order valence-electron chi connectivity index (χ1n) is 6.59. The van der Waals surface area contributed by atoms with E-state index in [9.17, 15) is 0 Å². The van der Waals surface area contributed by atoms with Gasteiger partial charge in [-0.05, 0) is 18.6 Å². The van der Waals surface area contributed by atoms with Crippen molar-refractivity contribution in [3.05, 3.63) is 46.7 Å². The van der Waals surface area contributed by atoms with Gasteiger partial charge >= 0.3 is 0 Å². The third-order valence-electron chi connectivity index (χ3n) is 2.94. The second-order valence-electron chi connectivity index (χ2n) is 4.32. The molecule has 104 valence electrons. The van der Waals surface area contributed by atoms with Gasteiger partial charge in [0.05, 0.1) is 12.3 Å². The van der Waals surface area contributed by atoms with Crippen LogP contribution in [0.15, 0.2) is 30.3 Å². The van der Waals surface area contributed by atoms with E-state index in [2.05, 4.69) is 11.2 Å². The molecular weight excluding hydrogens is 274 g/mol. The smallest absolute Gasteiger partial charge is 0.145 e. The van der Waals surface area contributed by atoms with Crippen molar-refractivity contribution in [1.29, 1.82) is 5.26 Å². The fourth-order valence-electron chi connectivity index (χ4n) is 1.92. The summed E-state index contributed by atoms with van der Waals surface area (Å²) in [6.07, 6.45) is 1.49. The molecule has 1 aromatic carbocycles. The third kappa shape index (κ3) is 3.31. The van der Waals surface area contributed by atoms with Crippen LogP contribution in [0.25, 0.3) is 0 Å². The molecule has 1 heterocycles. The van der Waals surface area contributed by atoms with Crippen LogP contribution in [0.3, 0.4) is 0 Å². The Hall–Kier alpha value is -1.99. The van der Waals surface area contributed by atoms with Crippen molar-refractivity contribution in [2.45, 2.75) is 26.3 Å². The fraction of sp³-hybridized carbons (Fsp3) is 0.333. The first-order chi connectivity index (χ1) is 9.76. The maximum atomic E-state index is 9.05. The van der Waals surface area contributed by atoms with Gasteiger partial charge in [0, 0.05) is 13.0 Å². The Balaban J connectivity index is 1.89. The Labute approximate surface area is 123 Å². The lowest BCUT2D eigenvalue weighted by Gasteiger charge is -2.06. The number of ether oxygens (including phenoxy) is 1. The highest BCUT2D eigenvalue weighted by Gasteiger charge is 2.14. The summed E-state index contributed by atoms with van der Waals surface area (Å²) in [5.74, 6) is 0.853. The number of hydrogen-bond donors (Lipinski definition) is 0. The molecule has 5 heteroatoms. The SMILES string of the molecule is CCc1nn(CCCOc2ccccc2)c(Cl)c1C#N. The van der Waals surface area contributed by atoms with Gasteiger partial charge in [0.25, 0.3) is 0 Å². The lowest BCUT2D eigenvalue weighted by atomic mass is 10.2. The van der Waals surface area contributed by atoms with Crippen LogP contribution < -0.4 is 4.74 Å². The van der Waals surface area contributed by atoms with E-state index < -0.39 is 0 Å². The van der Waals surface area contributed by atoms with E-state index >= 15 is 0 Å². The summed E-state index contributed by atoms with van der Waals surface area (Å²) in [6, 6.07) is 11.8. The maximum absolute atomic E-state index is 9.05. The number of nitrogens with zero attached hydrogens (tertiary/aromatic N) is 3. The molecule has 0 spiro atoms. The number of aryl methyl sites for hydroxylation is 2. The summed E-state index contributed by atoms with van der Waals surface area (Å²) in [5.41, 5.74) is 1.24. The molecule has 0 amide bonds. The van der Waals surface area contributed by atoms with Gasteiger partial charge in [-0.15, -0.1) is 0 Å². The van der Waals surface area contributed by atoms with Crippen LogP contribution in [0.5, 0.6) is 5.75 Å². The normalized spacial score (nSPS) is 10.2. The van der Waals surface area contributed by atoms with Gasteiger partial charge in [0.2, 0.25) is 0 Å². The van der Waals surface area contributed by atoms with Crippen molar-refractivity contribution in [2.75, 3.05) is 6.61 Å². The second-order valence-corrected chi connectivity index (χ2v) is 4.67. The largest absolute Gasteiger partial charge is 0.494 e. The summed E-state index contributed by atoms with van der Waals surface area (Å²) in [7, 11) is 0. The standard InChI is InChI=1S/C15H16ClN3O/c1-2-14-13(11-17)15(16)19(18-14)9-6-10-20-12-7-4-3-5-8-12/h3-5,7-8H,2,6,9-10H2,1H3. The molecule has 4 nitrogen and oxygen atoms in total. The monoisotopic (exact) mass is 289 g/mol. The minimum Gasteiger partial charge on any atom is -0.494 e. The van der Waals surface area contributed by atoms with E-state index in [0.717, 1.165) is 17.9 Å². The predicted molar refractivity (Wildman–Crippen MR) is 77.9 cm³/mol. The summed E-state index contributed by atoms with van der Waals surface area (Å²) < 4.78 is 7.28. The summed E-state index contributed by atoms with van der Waals surface area (Å²) in [5, 5.41) is 13.8. The second kappa shape index (κ2) is 6.97. The van der Waals surface area contributed by atoms with Crippen LogP contribution in [0.2, 0.25) is 5.15 Å². The summed E-state index contributed by atoms with van der Waals surface area (Å²) >= 11 is 6.14. The van der Waals surface area contributed by atoms with Crippen LogP contribution in [-0.2, 0) is 13.0 Å². The Bertz CT molecular complexity index is 602. The van der Waals surface area contributed by atoms with Crippen molar-refractivity contribution in [3.63, 3.8) is 0 Å². The first-order valence-corrected chi connectivity index (χ1v) is 6.97. The van der Waals surface area contributed by atoms with Crippen LogP contribution in [0, 0.1) is 11.3 Å². The maximum Gasteiger partial charge on any atom is 0.145 e. The number of nitriles is 1. The number of hydrogen-bond acceptors (Lipinski definition) is 3. The van der Waals surface area contributed by atoms with Gasteiger partial charge in [-0.3, -0.25) is 4.68 Å². The van der Waals surface area contributed by atoms with E-state index in [4.69, 9.17) is 21.6 Å². The molecule has 0 radical (unpaired) electrons. The Morgan fingerprint density at radius 2 is 2.10 bits per heavy atom. The van der Waals surface area contributed by atoms with Crippen LogP contribution in [0.4, 0.5) is 0 Å². The van der Waals surface area contributed by atoms with Gasteiger partial charge in [-0.1, -0.05) is 36.7 Å². The van der Waals surface area contributed by atoms with E-state index in [-0.39, 0.29) is 0 Å². The molecule has 2 aromatic rings. The molecule has 20 heavy (non-hydrogen) atoms. The molecular formula is C15H16ClN3O. The molecule has 0 unspecified atom stereocenters. The van der Waals surface area contributed by atoms with Gasteiger partial charge in [0.1, 0.15) is 22.5 Å². The highest BCUT2D eigenvalue weighted by atomic mass is 35.5. The zero-order valence-electron chi connectivity index (χ0n) is 11.3. The Morgan fingerprint density at radius 1 is 1.35 bits per heavy atom. The van der Waals surface area contributed by atoms with Crippen molar-refractivity contribution < 1.29 is 4.74 Å². The summed E-state index contributed by atoms with van der Waals surface area (Å²) in [4.78, 5) is 0. The van der Waals surface area contributed by atoms with Crippen molar-refractivity contribution in [2.24, 2.45) is 0 Å². The minimum absolute atomic E-state index is 0.420. The molecule has 1 aromatic heterocycles. The lowest BCUT2D eigenvalue weighted by molar-refractivity contribution is 0.298. The zero-order valence-corrected chi connectivity index (χ0v) is 12.1. The van der Waals surface area contributed by atoms with Gasteiger partial charge < -0.3 is 4.74 Å². The average Bonchev–Trinajstić information content (AvgIpc) is 2.80. The number of halogens is 1. The first kappa shape index (κ1) is 14.4. The van der Waals surface area contributed by atoms with Crippen LogP contribution >= 0.6 is 11.6 Å². The molecule has 0 bridgehead atoms. The molecule has 0 saturated carbocycles. The van der Waals surface area contributed by atoms with Crippen molar-refractivity contribution in [3.8, 4) is 11.8 Å². The Morgan fingerprint density at radius 3 is 2.70 bits per heavy atom. The molecule has 0 aliphatic carbocycles. The summed E-state index contributed by atoms with van der Waals surface area (Å²) in [6.45, 7) is 3.19. The Kier molecular flexibility index (Phi) is 5.03. The average molecular weight is 290 g/mol. The van der Waals surface area contributed by atoms with E-state index in [1.807, 2.05) is 37.3 Å². The molecule has 2 rings (SSSR count). The molecule has 0 atom stereocenters. The third-order valence-corrected chi connectivity index (χ3v) is 3.32. The molecule has 0 saturated heterocycles. The van der Waals surface area contributed by atoms with E-state index in [1.165, 1.54) is 0 Å². The lowest BCUT2D eigenvalue weighted by Crippen LogP contribution is -2.06.